The molecule has 0 atom stereocenters. The van der Waals surface area contributed by atoms with Gasteiger partial charge in [0.2, 0.25) is 0 Å². The molecule has 88 valence electrons. The number of hydrogen-bond acceptors (Lipinski definition) is 5. The molecule has 0 amide bonds. The topological polar surface area (TPSA) is 58.9 Å². The van der Waals surface area contributed by atoms with Crippen molar-refractivity contribution in [1.29, 1.82) is 0 Å². The molecule has 1 aromatic carbocycles. The van der Waals surface area contributed by atoms with Crippen molar-refractivity contribution in [3.8, 4) is 27.8 Å². The van der Waals surface area contributed by atoms with Crippen molar-refractivity contribution in [3.63, 3.8) is 0 Å². The van der Waals surface area contributed by atoms with Gasteiger partial charge in [0.25, 0.3) is 0 Å². The Balaban J connectivity index is 1.97. The van der Waals surface area contributed by atoms with Crippen molar-refractivity contribution < 1.29 is 5.11 Å². The number of phenols is 1. The zero-order chi connectivity index (χ0) is 12.4. The van der Waals surface area contributed by atoms with Crippen LogP contribution in [0.5, 0.6) is 5.75 Å². The summed E-state index contributed by atoms with van der Waals surface area (Å²) < 4.78 is 0. The number of hydrogen-bond donors (Lipinski definition) is 1. The fourth-order valence-electron chi connectivity index (χ4n) is 1.55. The molecule has 0 aliphatic carbocycles. The summed E-state index contributed by atoms with van der Waals surface area (Å²) >= 11 is 1.50. The molecule has 0 aliphatic heterocycles. The van der Waals surface area contributed by atoms with Gasteiger partial charge in [0.1, 0.15) is 5.75 Å². The van der Waals surface area contributed by atoms with Gasteiger partial charge in [-0.05, 0) is 30.3 Å². The molecule has 3 aromatic rings. The Labute approximate surface area is 108 Å². The van der Waals surface area contributed by atoms with E-state index in [0.717, 1.165) is 16.3 Å². The number of aromatic hydroxyl groups is 1. The standard InChI is InChI=1S/C13H9N3OS/c17-10-4-2-9(3-5-10)11-8-18-13(16-11)12-14-6-1-7-15-12/h1-8,17H. The normalized spacial score (nSPS) is 10.4. The molecule has 2 heterocycles. The van der Waals surface area contributed by atoms with E-state index in [1.54, 1.807) is 30.6 Å². The van der Waals surface area contributed by atoms with Gasteiger partial charge in [-0.3, -0.25) is 0 Å². The average molecular weight is 255 g/mol. The van der Waals surface area contributed by atoms with E-state index in [0.29, 0.717) is 5.82 Å². The van der Waals surface area contributed by atoms with Crippen LogP contribution in [0.3, 0.4) is 0 Å². The first kappa shape index (κ1) is 10.9. The maximum absolute atomic E-state index is 9.25. The highest BCUT2D eigenvalue weighted by Crippen LogP contribution is 2.27. The molecule has 5 heteroatoms. The molecule has 4 nitrogen and oxygen atoms in total. The lowest BCUT2D eigenvalue weighted by Gasteiger charge is -1.96. The first-order valence-corrected chi connectivity index (χ1v) is 6.23. The highest BCUT2D eigenvalue weighted by molar-refractivity contribution is 7.13. The largest absolute Gasteiger partial charge is 0.508 e. The van der Waals surface area contributed by atoms with Crippen molar-refractivity contribution in [3.05, 3.63) is 48.1 Å². The molecular weight excluding hydrogens is 246 g/mol. The molecule has 18 heavy (non-hydrogen) atoms. The second-order valence-corrected chi connectivity index (χ2v) is 4.52. The summed E-state index contributed by atoms with van der Waals surface area (Å²) in [7, 11) is 0. The minimum Gasteiger partial charge on any atom is -0.508 e. The van der Waals surface area contributed by atoms with Crippen molar-refractivity contribution in [1.82, 2.24) is 15.0 Å². The van der Waals surface area contributed by atoms with Gasteiger partial charge in [-0.25, -0.2) is 15.0 Å². The van der Waals surface area contributed by atoms with Crippen molar-refractivity contribution in [2.24, 2.45) is 0 Å². The van der Waals surface area contributed by atoms with Gasteiger partial charge in [0, 0.05) is 23.3 Å². The molecule has 0 spiro atoms. The summed E-state index contributed by atoms with van der Waals surface area (Å²) in [6.45, 7) is 0. The van der Waals surface area contributed by atoms with Crippen LogP contribution in [0.4, 0.5) is 0 Å². The maximum Gasteiger partial charge on any atom is 0.188 e. The highest BCUT2D eigenvalue weighted by atomic mass is 32.1. The quantitative estimate of drug-likeness (QED) is 0.764. The lowest BCUT2D eigenvalue weighted by molar-refractivity contribution is 0.475. The molecule has 0 fully saturated rings. The van der Waals surface area contributed by atoms with E-state index in [4.69, 9.17) is 0 Å². The molecule has 3 rings (SSSR count). The van der Waals surface area contributed by atoms with Crippen LogP contribution in [-0.2, 0) is 0 Å². The first-order chi connectivity index (χ1) is 8.83. The Hall–Kier alpha value is -2.27. The van der Waals surface area contributed by atoms with E-state index < -0.39 is 0 Å². The van der Waals surface area contributed by atoms with E-state index in [2.05, 4.69) is 15.0 Å². The SMILES string of the molecule is Oc1ccc(-c2csc(-c3ncccn3)n2)cc1. The Kier molecular flexibility index (Phi) is 2.74. The molecule has 0 radical (unpaired) electrons. The maximum atomic E-state index is 9.25. The summed E-state index contributed by atoms with van der Waals surface area (Å²) in [5.41, 5.74) is 1.83. The van der Waals surface area contributed by atoms with Gasteiger partial charge in [-0.1, -0.05) is 0 Å². The number of rotatable bonds is 2. The third-order valence-electron chi connectivity index (χ3n) is 2.42. The van der Waals surface area contributed by atoms with Crippen LogP contribution in [0, 0.1) is 0 Å². The van der Waals surface area contributed by atoms with E-state index >= 15 is 0 Å². The average Bonchev–Trinajstić information content (AvgIpc) is 2.90. The monoisotopic (exact) mass is 255 g/mol. The second-order valence-electron chi connectivity index (χ2n) is 3.66. The molecule has 0 saturated carbocycles. The smallest absolute Gasteiger partial charge is 0.188 e. The van der Waals surface area contributed by atoms with Gasteiger partial charge in [-0.2, -0.15) is 0 Å². The Morgan fingerprint density at radius 2 is 1.72 bits per heavy atom. The summed E-state index contributed by atoms with van der Waals surface area (Å²) in [4.78, 5) is 12.8. The lowest BCUT2D eigenvalue weighted by Crippen LogP contribution is -1.85. The van der Waals surface area contributed by atoms with Crippen LogP contribution >= 0.6 is 11.3 Å². The molecule has 2 aromatic heterocycles. The minimum atomic E-state index is 0.251. The Morgan fingerprint density at radius 1 is 1.00 bits per heavy atom. The fourth-order valence-corrected chi connectivity index (χ4v) is 2.32. The van der Waals surface area contributed by atoms with E-state index in [9.17, 15) is 5.11 Å². The predicted molar refractivity (Wildman–Crippen MR) is 70.2 cm³/mol. The number of aromatic nitrogens is 3. The molecular formula is C13H9N3OS. The van der Waals surface area contributed by atoms with Crippen LogP contribution < -0.4 is 0 Å². The van der Waals surface area contributed by atoms with Gasteiger partial charge in [-0.15, -0.1) is 11.3 Å². The Morgan fingerprint density at radius 3 is 2.44 bits per heavy atom. The number of phenolic OH excluding ortho intramolecular Hbond substituents is 1. The highest BCUT2D eigenvalue weighted by Gasteiger charge is 2.08. The summed E-state index contributed by atoms with van der Waals surface area (Å²) in [6.07, 6.45) is 3.40. The van der Waals surface area contributed by atoms with Gasteiger partial charge >= 0.3 is 0 Å². The summed E-state index contributed by atoms with van der Waals surface area (Å²) in [6, 6.07) is 8.73. The molecule has 0 unspecified atom stereocenters. The second kappa shape index (κ2) is 4.54. The van der Waals surface area contributed by atoms with Crippen LogP contribution in [0.1, 0.15) is 0 Å². The minimum absolute atomic E-state index is 0.251. The third kappa shape index (κ3) is 2.08. The Bertz CT molecular complexity index is 650. The molecule has 0 bridgehead atoms. The lowest BCUT2D eigenvalue weighted by atomic mass is 10.2. The number of nitrogens with zero attached hydrogens (tertiary/aromatic N) is 3. The number of benzene rings is 1. The first-order valence-electron chi connectivity index (χ1n) is 5.35. The third-order valence-corrected chi connectivity index (χ3v) is 3.26. The zero-order valence-electron chi connectivity index (χ0n) is 9.32. The van der Waals surface area contributed by atoms with E-state index in [1.165, 1.54) is 11.3 Å². The van der Waals surface area contributed by atoms with Crippen LogP contribution in [0.15, 0.2) is 48.1 Å². The predicted octanol–water partition coefficient (Wildman–Crippen LogP) is 2.97. The van der Waals surface area contributed by atoms with Gasteiger partial charge < -0.3 is 5.11 Å². The van der Waals surface area contributed by atoms with Crippen molar-refractivity contribution >= 4 is 11.3 Å². The summed E-state index contributed by atoms with van der Waals surface area (Å²) in [5, 5.41) is 12.0. The van der Waals surface area contributed by atoms with E-state index in [1.807, 2.05) is 17.5 Å². The molecule has 1 N–H and O–H groups in total. The number of thiazole rings is 1. The molecule has 0 saturated heterocycles. The van der Waals surface area contributed by atoms with Crippen LogP contribution in [0.25, 0.3) is 22.1 Å². The van der Waals surface area contributed by atoms with Crippen LogP contribution in [-0.4, -0.2) is 20.1 Å². The summed E-state index contributed by atoms with van der Waals surface area (Å²) in [5.74, 6) is 0.883. The van der Waals surface area contributed by atoms with E-state index in [-0.39, 0.29) is 5.75 Å². The fraction of sp³-hybridized carbons (Fsp3) is 0. The van der Waals surface area contributed by atoms with Crippen molar-refractivity contribution in [2.75, 3.05) is 0 Å². The zero-order valence-corrected chi connectivity index (χ0v) is 10.1. The molecule has 0 aliphatic rings. The van der Waals surface area contributed by atoms with Crippen molar-refractivity contribution in [2.45, 2.75) is 0 Å². The van der Waals surface area contributed by atoms with Gasteiger partial charge in [0.05, 0.1) is 5.69 Å². The van der Waals surface area contributed by atoms with Gasteiger partial charge in [0.15, 0.2) is 10.8 Å². The van der Waals surface area contributed by atoms with Crippen LogP contribution in [0.2, 0.25) is 0 Å².